The fourth-order valence-corrected chi connectivity index (χ4v) is 3.95. The maximum absolute atomic E-state index is 12.5. The van der Waals surface area contributed by atoms with Gasteiger partial charge in [0.2, 0.25) is 5.91 Å². The Kier molecular flexibility index (Phi) is 5.43. The molecule has 1 amide bonds. The Hall–Kier alpha value is -3.02. The molecule has 3 heterocycles. The minimum absolute atomic E-state index is 0.0109. The van der Waals surface area contributed by atoms with Crippen LogP contribution in [0.2, 0.25) is 0 Å². The lowest BCUT2D eigenvalue weighted by Gasteiger charge is -2.21. The summed E-state index contributed by atoms with van der Waals surface area (Å²) in [7, 11) is 1.65. The second-order valence-corrected chi connectivity index (χ2v) is 7.49. The van der Waals surface area contributed by atoms with Crippen molar-refractivity contribution in [2.45, 2.75) is 45.6 Å². The molecule has 1 N–H and O–H groups in total. The molecule has 0 unspecified atom stereocenters. The van der Waals surface area contributed by atoms with Gasteiger partial charge in [-0.1, -0.05) is 31.5 Å². The Labute approximate surface area is 170 Å². The molecule has 0 aliphatic carbocycles. The molecule has 6 nitrogen and oxygen atoms in total. The minimum atomic E-state index is -0.170. The first-order chi connectivity index (χ1) is 14.1. The molecule has 6 heteroatoms. The number of ether oxygens (including phenoxy) is 2. The number of benzene rings is 1. The summed E-state index contributed by atoms with van der Waals surface area (Å²) in [5.41, 5.74) is 4.93. The van der Waals surface area contributed by atoms with Crippen molar-refractivity contribution in [2.75, 3.05) is 13.7 Å². The summed E-state index contributed by atoms with van der Waals surface area (Å²) >= 11 is 0. The lowest BCUT2D eigenvalue weighted by atomic mass is 9.90. The number of methoxy groups -OCH3 is 1. The second-order valence-electron chi connectivity index (χ2n) is 7.49. The zero-order valence-electron chi connectivity index (χ0n) is 17.2. The van der Waals surface area contributed by atoms with Crippen molar-refractivity contribution in [2.24, 2.45) is 0 Å². The highest BCUT2D eigenvalue weighted by molar-refractivity contribution is 5.79. The SMILES string of the molecule is CCCCOc1c(OC)cccc1[C@@H]1CC(=O)NCc2nc3ccc(C)cn3c21. The zero-order chi connectivity index (χ0) is 20.4. The number of pyridine rings is 1. The summed E-state index contributed by atoms with van der Waals surface area (Å²) < 4.78 is 13.9. The number of unbranched alkanes of at least 4 members (excludes halogenated alkanes) is 1. The fraction of sp³-hybridized carbons (Fsp3) is 0.391. The highest BCUT2D eigenvalue weighted by Crippen LogP contribution is 2.42. The van der Waals surface area contributed by atoms with Gasteiger partial charge in [-0.3, -0.25) is 4.79 Å². The molecule has 3 aromatic rings. The van der Waals surface area contributed by atoms with Crippen LogP contribution < -0.4 is 14.8 Å². The van der Waals surface area contributed by atoms with Gasteiger partial charge in [-0.2, -0.15) is 0 Å². The number of rotatable bonds is 6. The first kappa shape index (κ1) is 19.3. The van der Waals surface area contributed by atoms with Gasteiger partial charge in [0.05, 0.1) is 31.6 Å². The second kappa shape index (κ2) is 8.15. The van der Waals surface area contributed by atoms with Gasteiger partial charge >= 0.3 is 0 Å². The van der Waals surface area contributed by atoms with Crippen molar-refractivity contribution in [1.29, 1.82) is 0 Å². The third-order valence-corrected chi connectivity index (χ3v) is 5.40. The summed E-state index contributed by atoms with van der Waals surface area (Å²) in [5.74, 6) is 1.25. The molecule has 29 heavy (non-hydrogen) atoms. The highest BCUT2D eigenvalue weighted by atomic mass is 16.5. The van der Waals surface area contributed by atoms with E-state index < -0.39 is 0 Å². The van der Waals surface area contributed by atoms with E-state index in [0.717, 1.165) is 46.8 Å². The number of carbonyl (C=O) groups excluding carboxylic acids is 1. The number of amides is 1. The Bertz CT molecular complexity index is 1040. The van der Waals surface area contributed by atoms with Crippen molar-refractivity contribution in [1.82, 2.24) is 14.7 Å². The molecule has 152 valence electrons. The maximum atomic E-state index is 12.5. The van der Waals surface area contributed by atoms with Gasteiger partial charge in [0.1, 0.15) is 5.65 Å². The number of imidazole rings is 1. The summed E-state index contributed by atoms with van der Waals surface area (Å²) in [4.78, 5) is 17.3. The van der Waals surface area contributed by atoms with Crippen LogP contribution in [0.15, 0.2) is 36.5 Å². The van der Waals surface area contributed by atoms with Crippen molar-refractivity contribution in [3.05, 3.63) is 59.0 Å². The van der Waals surface area contributed by atoms with Gasteiger partial charge < -0.3 is 19.2 Å². The normalized spacial score (nSPS) is 16.2. The number of fused-ring (bicyclic) bond motifs is 3. The van der Waals surface area contributed by atoms with Crippen LogP contribution in [-0.4, -0.2) is 29.0 Å². The van der Waals surface area contributed by atoms with Gasteiger partial charge in [-0.05, 0) is 31.0 Å². The van der Waals surface area contributed by atoms with Crippen molar-refractivity contribution in [3.8, 4) is 11.5 Å². The average molecular weight is 393 g/mol. The number of nitrogens with zero attached hydrogens (tertiary/aromatic N) is 2. The Balaban J connectivity index is 1.89. The minimum Gasteiger partial charge on any atom is -0.493 e. The molecule has 0 spiro atoms. The first-order valence-corrected chi connectivity index (χ1v) is 10.2. The molecule has 1 aromatic carbocycles. The van der Waals surface area contributed by atoms with Crippen molar-refractivity contribution >= 4 is 11.6 Å². The van der Waals surface area contributed by atoms with E-state index in [1.165, 1.54) is 0 Å². The fourth-order valence-electron chi connectivity index (χ4n) is 3.95. The van der Waals surface area contributed by atoms with Crippen LogP contribution in [0.3, 0.4) is 0 Å². The van der Waals surface area contributed by atoms with Crippen LogP contribution in [0.25, 0.3) is 5.65 Å². The van der Waals surface area contributed by atoms with Crippen LogP contribution in [0.4, 0.5) is 0 Å². The van der Waals surface area contributed by atoms with E-state index >= 15 is 0 Å². The van der Waals surface area contributed by atoms with E-state index in [0.29, 0.717) is 25.3 Å². The maximum Gasteiger partial charge on any atom is 0.221 e. The topological polar surface area (TPSA) is 64.9 Å². The van der Waals surface area contributed by atoms with Gasteiger partial charge in [-0.15, -0.1) is 0 Å². The molecule has 1 atom stereocenters. The Morgan fingerprint density at radius 3 is 2.93 bits per heavy atom. The van der Waals surface area contributed by atoms with E-state index in [4.69, 9.17) is 14.5 Å². The van der Waals surface area contributed by atoms with Crippen molar-refractivity contribution in [3.63, 3.8) is 0 Å². The molecule has 0 bridgehead atoms. The van der Waals surface area contributed by atoms with Gasteiger partial charge in [0, 0.05) is 24.1 Å². The summed E-state index contributed by atoms with van der Waals surface area (Å²) in [6, 6.07) is 9.97. The number of aromatic nitrogens is 2. The molecule has 0 saturated carbocycles. The van der Waals surface area contributed by atoms with E-state index in [2.05, 4.69) is 35.8 Å². The van der Waals surface area contributed by atoms with Crippen LogP contribution in [0.5, 0.6) is 11.5 Å². The lowest BCUT2D eigenvalue weighted by molar-refractivity contribution is -0.121. The van der Waals surface area contributed by atoms with Crippen molar-refractivity contribution < 1.29 is 14.3 Å². The number of nitrogens with one attached hydrogen (secondary N) is 1. The Morgan fingerprint density at radius 2 is 2.14 bits per heavy atom. The highest BCUT2D eigenvalue weighted by Gasteiger charge is 2.31. The lowest BCUT2D eigenvalue weighted by Crippen LogP contribution is -2.21. The number of carbonyl (C=O) groups is 1. The van der Waals surface area contributed by atoms with E-state index in [9.17, 15) is 4.79 Å². The molecular weight excluding hydrogens is 366 g/mol. The molecule has 0 radical (unpaired) electrons. The number of hydrogen-bond donors (Lipinski definition) is 1. The molecule has 2 aromatic heterocycles. The van der Waals surface area contributed by atoms with Crippen LogP contribution >= 0.6 is 0 Å². The van der Waals surface area contributed by atoms with Gasteiger partial charge in [0.25, 0.3) is 0 Å². The van der Waals surface area contributed by atoms with E-state index in [1.54, 1.807) is 7.11 Å². The molecule has 1 aliphatic rings. The molecule has 0 fully saturated rings. The van der Waals surface area contributed by atoms with Crippen LogP contribution in [0, 0.1) is 6.92 Å². The first-order valence-electron chi connectivity index (χ1n) is 10.2. The monoisotopic (exact) mass is 393 g/mol. The van der Waals surface area contributed by atoms with Gasteiger partial charge in [-0.25, -0.2) is 4.98 Å². The van der Waals surface area contributed by atoms with Crippen LogP contribution in [0.1, 0.15) is 54.6 Å². The van der Waals surface area contributed by atoms with Crippen LogP contribution in [-0.2, 0) is 11.3 Å². The molecule has 0 saturated heterocycles. The molecule has 4 rings (SSSR count). The predicted octanol–water partition coefficient (Wildman–Crippen LogP) is 3.98. The average Bonchev–Trinajstić information content (AvgIpc) is 2.99. The van der Waals surface area contributed by atoms with E-state index in [1.807, 2.05) is 24.3 Å². The van der Waals surface area contributed by atoms with Gasteiger partial charge in [0.15, 0.2) is 11.5 Å². The number of aryl methyl sites for hydroxylation is 1. The number of hydrogen-bond acceptors (Lipinski definition) is 4. The third kappa shape index (κ3) is 3.67. The molecular formula is C23H27N3O3. The molecule has 1 aliphatic heterocycles. The smallest absolute Gasteiger partial charge is 0.221 e. The Morgan fingerprint density at radius 1 is 1.28 bits per heavy atom. The summed E-state index contributed by atoms with van der Waals surface area (Å²) in [6.45, 7) is 5.24. The van der Waals surface area contributed by atoms with E-state index in [-0.39, 0.29) is 11.8 Å². The largest absolute Gasteiger partial charge is 0.493 e. The third-order valence-electron chi connectivity index (χ3n) is 5.40. The summed E-state index contributed by atoms with van der Waals surface area (Å²) in [6.07, 6.45) is 4.43. The number of para-hydroxylation sites is 1. The summed E-state index contributed by atoms with van der Waals surface area (Å²) in [5, 5.41) is 2.99. The predicted molar refractivity (Wildman–Crippen MR) is 112 cm³/mol. The standard InChI is InChI=1S/C23H27N3O3/c1-4-5-11-29-23-16(7-6-8-19(23)28-3)17-12-21(27)24-13-18-22(17)26-14-15(2)9-10-20(26)25-18/h6-10,14,17H,4-5,11-13H2,1-3H3,(H,24,27)/t17-/m0/s1. The quantitative estimate of drug-likeness (QED) is 0.644. The zero-order valence-corrected chi connectivity index (χ0v) is 17.2.